The van der Waals surface area contributed by atoms with Crippen molar-refractivity contribution in [2.75, 3.05) is 56.6 Å². The predicted molar refractivity (Wildman–Crippen MR) is 230 cm³/mol. The smallest absolute Gasteiger partial charge is 0.337 e. The lowest BCUT2D eigenvalue weighted by atomic mass is 9.79. The van der Waals surface area contributed by atoms with Crippen LogP contribution in [-0.2, 0) is 41.9 Å². The van der Waals surface area contributed by atoms with Gasteiger partial charge in [-0.05, 0) is 135 Å². The maximum Gasteiger partial charge on any atom is 0.337 e. The number of nitrogens with zero attached hydrogens (tertiary/aromatic N) is 1. The van der Waals surface area contributed by atoms with Crippen LogP contribution >= 0.6 is 0 Å². The molecule has 1 unspecified atom stereocenters. The number of hydrogen-bond donors (Lipinski definition) is 3. The van der Waals surface area contributed by atoms with E-state index in [1.54, 1.807) is 24.3 Å². The average molecular weight is 839 g/mol. The van der Waals surface area contributed by atoms with E-state index in [2.05, 4.69) is 20.3 Å². The Morgan fingerprint density at radius 1 is 0.717 bits per heavy atom. The highest BCUT2D eigenvalue weighted by atomic mass is 32.2. The van der Waals surface area contributed by atoms with Crippen molar-refractivity contribution >= 4 is 50.8 Å². The van der Waals surface area contributed by atoms with Crippen molar-refractivity contribution in [2.24, 2.45) is 11.8 Å². The first-order valence-corrected chi connectivity index (χ1v) is 21.9. The summed E-state index contributed by atoms with van der Waals surface area (Å²) >= 11 is 0. The Kier molecular flexibility index (Phi) is 15.1. The quantitative estimate of drug-likeness (QED) is 0.0997. The molecule has 13 nitrogen and oxygen atoms in total. The molecule has 4 aromatic rings. The lowest BCUT2D eigenvalue weighted by Gasteiger charge is -2.33. The van der Waals surface area contributed by atoms with Crippen molar-refractivity contribution in [1.29, 1.82) is 0 Å². The van der Waals surface area contributed by atoms with Crippen LogP contribution in [0.1, 0.15) is 87.1 Å². The summed E-state index contributed by atoms with van der Waals surface area (Å²) in [5, 5.41) is 5.86. The van der Waals surface area contributed by atoms with E-state index in [4.69, 9.17) is 14.2 Å². The van der Waals surface area contributed by atoms with Gasteiger partial charge < -0.3 is 29.7 Å². The Labute approximate surface area is 352 Å². The molecule has 14 heteroatoms. The van der Waals surface area contributed by atoms with Gasteiger partial charge in [-0.1, -0.05) is 30.3 Å². The van der Waals surface area contributed by atoms with Gasteiger partial charge in [-0.2, -0.15) is 0 Å². The number of nitrogens with one attached hydrogen (secondary N) is 3. The van der Waals surface area contributed by atoms with E-state index >= 15 is 0 Å². The SMILES string of the molecule is COCC(NS(=O)(=O)c1cccc(C(=O)Nc2ccc(N3CCCCC3)cc2C(=O)Nc2ccc(CCc3ccc(C(=O)OC)cc3)cc2)c1)C1CCC(C(=O)OC)CC1. The molecule has 2 aliphatic rings. The zero-order chi connectivity index (χ0) is 42.6. The maximum absolute atomic E-state index is 14.0. The van der Waals surface area contributed by atoms with Crippen molar-refractivity contribution in [3.05, 3.63) is 119 Å². The standard InChI is InChI=1S/C46H54N4O9S/c1-57-30-42(33-18-20-35(21-19-33)46(54)59-3)49-60(55,56)39-9-7-8-36(28-39)43(51)48-41-25-24-38(50-26-5-4-6-27-50)29-40(41)44(52)47-37-22-14-32(15-23-37)11-10-31-12-16-34(17-13-31)45(53)58-2/h7-9,12-17,22-25,28-29,33,35,42,49H,4-6,10-11,18-21,26-27,30H2,1-3H3,(H,47,52)(H,48,51). The molecule has 1 aliphatic heterocycles. The van der Waals surface area contributed by atoms with Crippen LogP contribution in [0.15, 0.2) is 95.9 Å². The molecule has 1 atom stereocenters. The minimum Gasteiger partial charge on any atom is -0.469 e. The van der Waals surface area contributed by atoms with Gasteiger partial charge in [-0.25, -0.2) is 17.9 Å². The third-order valence-electron chi connectivity index (χ3n) is 11.4. The van der Waals surface area contributed by atoms with Crippen LogP contribution in [0.5, 0.6) is 0 Å². The number of methoxy groups -OCH3 is 3. The minimum atomic E-state index is -4.08. The molecular weight excluding hydrogens is 785 g/mol. The van der Waals surface area contributed by atoms with Gasteiger partial charge in [-0.15, -0.1) is 0 Å². The van der Waals surface area contributed by atoms with Gasteiger partial charge in [0.2, 0.25) is 10.0 Å². The summed E-state index contributed by atoms with van der Waals surface area (Å²) in [6.45, 7) is 1.86. The topological polar surface area (TPSA) is 169 Å². The molecule has 1 heterocycles. The zero-order valence-electron chi connectivity index (χ0n) is 34.4. The number of ether oxygens (including phenoxy) is 3. The number of aryl methyl sites for hydroxylation is 2. The van der Waals surface area contributed by atoms with Crippen LogP contribution in [0.4, 0.5) is 17.1 Å². The number of sulfonamides is 1. The molecule has 1 aliphatic carbocycles. The lowest BCUT2D eigenvalue weighted by Crippen LogP contribution is -2.44. The Hall–Kier alpha value is -5.57. The fourth-order valence-corrected chi connectivity index (χ4v) is 9.32. The summed E-state index contributed by atoms with van der Waals surface area (Å²) < 4.78 is 45.3. The largest absolute Gasteiger partial charge is 0.469 e. The van der Waals surface area contributed by atoms with Gasteiger partial charge in [0.05, 0.1) is 48.5 Å². The monoisotopic (exact) mass is 838 g/mol. The number of carbonyl (C=O) groups excluding carboxylic acids is 4. The van der Waals surface area contributed by atoms with Gasteiger partial charge in [0.1, 0.15) is 0 Å². The van der Waals surface area contributed by atoms with Crippen LogP contribution in [-0.4, -0.2) is 79.2 Å². The summed E-state index contributed by atoms with van der Waals surface area (Å²) in [5.41, 5.74) is 4.75. The van der Waals surface area contributed by atoms with E-state index in [0.717, 1.165) is 62.0 Å². The van der Waals surface area contributed by atoms with Gasteiger partial charge >= 0.3 is 11.9 Å². The van der Waals surface area contributed by atoms with Gasteiger partial charge in [0, 0.05) is 43.2 Å². The summed E-state index contributed by atoms with van der Waals surface area (Å²) in [7, 11) is 0.153. The first-order valence-electron chi connectivity index (χ1n) is 20.4. The van der Waals surface area contributed by atoms with Crippen LogP contribution in [0.25, 0.3) is 0 Å². The number of carbonyl (C=O) groups is 4. The molecule has 318 valence electrons. The highest BCUT2D eigenvalue weighted by Gasteiger charge is 2.34. The normalized spacial score (nSPS) is 17.3. The number of rotatable bonds is 16. The van der Waals surface area contributed by atoms with E-state index in [1.165, 1.54) is 45.6 Å². The van der Waals surface area contributed by atoms with Crippen molar-refractivity contribution in [1.82, 2.24) is 4.72 Å². The number of amides is 2. The molecule has 0 radical (unpaired) electrons. The van der Waals surface area contributed by atoms with Crippen molar-refractivity contribution in [2.45, 2.75) is 68.7 Å². The van der Waals surface area contributed by atoms with Gasteiger partial charge in [-0.3, -0.25) is 14.4 Å². The maximum atomic E-state index is 14.0. The molecule has 6 rings (SSSR count). The number of hydrogen-bond acceptors (Lipinski definition) is 10. The van der Waals surface area contributed by atoms with E-state index in [0.29, 0.717) is 36.9 Å². The van der Waals surface area contributed by atoms with E-state index < -0.39 is 27.9 Å². The Morgan fingerprint density at radius 3 is 2.02 bits per heavy atom. The molecule has 2 amide bonds. The third kappa shape index (κ3) is 11.4. The average Bonchev–Trinajstić information content (AvgIpc) is 3.28. The van der Waals surface area contributed by atoms with Crippen molar-refractivity contribution in [3.8, 4) is 0 Å². The molecule has 3 N–H and O–H groups in total. The first kappa shape index (κ1) is 44.0. The van der Waals surface area contributed by atoms with E-state index in [9.17, 15) is 27.6 Å². The number of piperidine rings is 1. The minimum absolute atomic E-state index is 0.0485. The highest BCUT2D eigenvalue weighted by molar-refractivity contribution is 7.89. The fraction of sp³-hybridized carbons (Fsp3) is 0.391. The number of benzene rings is 4. The van der Waals surface area contributed by atoms with Crippen molar-refractivity contribution in [3.63, 3.8) is 0 Å². The van der Waals surface area contributed by atoms with Crippen LogP contribution in [0.2, 0.25) is 0 Å². The van der Waals surface area contributed by atoms with Gasteiger partial charge in [0.25, 0.3) is 11.8 Å². The molecular formula is C46H54N4O9S. The van der Waals surface area contributed by atoms with Crippen LogP contribution < -0.4 is 20.3 Å². The molecule has 60 heavy (non-hydrogen) atoms. The zero-order valence-corrected chi connectivity index (χ0v) is 35.2. The first-order chi connectivity index (χ1) is 29.0. The van der Waals surface area contributed by atoms with Crippen LogP contribution in [0.3, 0.4) is 0 Å². The molecule has 2 fully saturated rings. The summed E-state index contributed by atoms with van der Waals surface area (Å²) in [4.78, 5) is 53.8. The number of anilines is 3. The Balaban J connectivity index is 1.15. The number of esters is 2. The molecule has 4 aromatic carbocycles. The summed E-state index contributed by atoms with van der Waals surface area (Å²) in [6.07, 6.45) is 7.21. The van der Waals surface area contributed by atoms with Gasteiger partial charge in [0.15, 0.2) is 0 Å². The molecule has 1 saturated heterocycles. The predicted octanol–water partition coefficient (Wildman–Crippen LogP) is 7.03. The highest BCUT2D eigenvalue weighted by Crippen LogP contribution is 2.33. The van der Waals surface area contributed by atoms with E-state index in [-0.39, 0.29) is 52.1 Å². The fourth-order valence-electron chi connectivity index (χ4n) is 7.98. The lowest BCUT2D eigenvalue weighted by molar-refractivity contribution is -0.146. The molecule has 0 bridgehead atoms. The van der Waals surface area contributed by atoms with Crippen LogP contribution in [0, 0.1) is 11.8 Å². The second kappa shape index (κ2) is 20.6. The third-order valence-corrected chi connectivity index (χ3v) is 12.9. The Morgan fingerprint density at radius 2 is 1.38 bits per heavy atom. The van der Waals surface area contributed by atoms with E-state index in [1.807, 2.05) is 42.5 Å². The molecule has 0 spiro atoms. The van der Waals surface area contributed by atoms with Crippen molar-refractivity contribution < 1.29 is 41.8 Å². The molecule has 0 aromatic heterocycles. The molecule has 1 saturated carbocycles. The summed E-state index contributed by atoms with van der Waals surface area (Å²) in [6, 6.07) is 25.5. The summed E-state index contributed by atoms with van der Waals surface area (Å²) in [5.74, 6) is -1.87. The Bertz CT molecular complexity index is 2230. The second-order valence-corrected chi connectivity index (χ2v) is 17.1. The second-order valence-electron chi connectivity index (χ2n) is 15.4.